The Morgan fingerprint density at radius 2 is 2.17 bits per heavy atom. The molecule has 0 aromatic carbocycles. The maximum Gasteiger partial charge on any atom is 0.0643 e. The molecule has 0 spiro atoms. The highest BCUT2D eigenvalue weighted by atomic mass is 16.5. The lowest BCUT2D eigenvalue weighted by Crippen LogP contribution is -2.56. The predicted molar refractivity (Wildman–Crippen MR) is 74.4 cm³/mol. The van der Waals surface area contributed by atoms with E-state index in [9.17, 15) is 5.11 Å². The zero-order valence-corrected chi connectivity index (χ0v) is 12.3. The van der Waals surface area contributed by atoms with Crippen LogP contribution in [0, 0.1) is 23.2 Å². The number of hydrogen-bond acceptors (Lipinski definition) is 2. The third-order valence-electron chi connectivity index (χ3n) is 5.49. The molecule has 1 fully saturated rings. The number of fused-ring (bicyclic) bond motifs is 2. The SMILES string of the molecule is CCCC[C@H]1OC[C@@]2(CO)[C@@H](C)C=C(C)[C@H]1[C@@H]2C. The molecule has 0 aromatic heterocycles. The second-order valence-electron chi connectivity index (χ2n) is 6.40. The van der Waals surface area contributed by atoms with Gasteiger partial charge in [0.05, 0.1) is 19.3 Å². The van der Waals surface area contributed by atoms with Crippen LogP contribution in [0.1, 0.15) is 47.0 Å². The van der Waals surface area contributed by atoms with Crippen molar-refractivity contribution in [2.45, 2.75) is 53.1 Å². The van der Waals surface area contributed by atoms with Gasteiger partial charge in [-0.15, -0.1) is 0 Å². The number of hydrogen-bond donors (Lipinski definition) is 1. The average Bonchev–Trinajstić information content (AvgIpc) is 2.34. The van der Waals surface area contributed by atoms with E-state index in [0.717, 1.165) is 13.0 Å². The highest BCUT2D eigenvalue weighted by Crippen LogP contribution is 2.52. The highest BCUT2D eigenvalue weighted by molar-refractivity contribution is 5.20. The molecule has 2 rings (SSSR count). The Morgan fingerprint density at radius 3 is 2.78 bits per heavy atom. The van der Waals surface area contributed by atoms with E-state index < -0.39 is 0 Å². The number of allylic oxidation sites excluding steroid dienone is 1. The van der Waals surface area contributed by atoms with Gasteiger partial charge in [-0.05, 0) is 25.2 Å². The summed E-state index contributed by atoms with van der Waals surface area (Å²) in [4.78, 5) is 0. The highest BCUT2D eigenvalue weighted by Gasteiger charge is 2.52. The van der Waals surface area contributed by atoms with E-state index in [1.54, 1.807) is 0 Å². The van der Waals surface area contributed by atoms with Gasteiger partial charge in [0.1, 0.15) is 0 Å². The Hall–Kier alpha value is -0.340. The average molecular weight is 252 g/mol. The summed E-state index contributed by atoms with van der Waals surface area (Å²) < 4.78 is 6.15. The Morgan fingerprint density at radius 1 is 1.44 bits per heavy atom. The van der Waals surface area contributed by atoms with Crippen molar-refractivity contribution >= 4 is 0 Å². The number of aliphatic hydroxyl groups excluding tert-OH is 1. The standard InChI is InChI=1S/C16H28O2/c1-5-6-7-14-15-11(2)8-12(3)16(9-17,10-18-14)13(15)4/h8,12-15,17H,5-7,9-10H2,1-4H3/t12-,13-,14+,15-,16-/m0/s1. The molecule has 1 aliphatic heterocycles. The summed E-state index contributed by atoms with van der Waals surface area (Å²) in [6.07, 6.45) is 6.37. The van der Waals surface area contributed by atoms with Gasteiger partial charge in [-0.1, -0.05) is 45.3 Å². The van der Waals surface area contributed by atoms with E-state index in [0.29, 0.717) is 23.9 Å². The topological polar surface area (TPSA) is 29.5 Å². The summed E-state index contributed by atoms with van der Waals surface area (Å²) in [5.41, 5.74) is 1.42. The van der Waals surface area contributed by atoms with Crippen LogP contribution >= 0.6 is 0 Å². The first-order chi connectivity index (χ1) is 8.56. The first-order valence-corrected chi connectivity index (χ1v) is 7.47. The van der Waals surface area contributed by atoms with Gasteiger partial charge in [0.15, 0.2) is 0 Å². The lowest BCUT2D eigenvalue weighted by atomic mass is 9.56. The van der Waals surface area contributed by atoms with Gasteiger partial charge in [-0.2, -0.15) is 0 Å². The van der Waals surface area contributed by atoms with Gasteiger partial charge in [0.25, 0.3) is 0 Å². The van der Waals surface area contributed by atoms with Crippen molar-refractivity contribution in [1.29, 1.82) is 0 Å². The monoisotopic (exact) mass is 252 g/mol. The second-order valence-corrected chi connectivity index (χ2v) is 6.40. The fourth-order valence-electron chi connectivity index (χ4n) is 4.08. The maximum atomic E-state index is 9.87. The smallest absolute Gasteiger partial charge is 0.0643 e. The third kappa shape index (κ3) is 2.04. The van der Waals surface area contributed by atoms with E-state index >= 15 is 0 Å². The van der Waals surface area contributed by atoms with Gasteiger partial charge in [-0.3, -0.25) is 0 Å². The predicted octanol–water partition coefficient (Wildman–Crippen LogP) is 3.40. The van der Waals surface area contributed by atoms with Crippen molar-refractivity contribution in [2.75, 3.05) is 13.2 Å². The summed E-state index contributed by atoms with van der Waals surface area (Å²) in [7, 11) is 0. The first-order valence-electron chi connectivity index (χ1n) is 7.47. The molecule has 1 saturated heterocycles. The van der Waals surface area contributed by atoms with Gasteiger partial charge in [-0.25, -0.2) is 0 Å². The Bertz CT molecular complexity index is 323. The molecule has 0 amide bonds. The molecular weight excluding hydrogens is 224 g/mol. The van der Waals surface area contributed by atoms with Crippen molar-refractivity contribution in [3.63, 3.8) is 0 Å². The Balaban J connectivity index is 2.26. The van der Waals surface area contributed by atoms with Crippen molar-refractivity contribution in [3.8, 4) is 0 Å². The summed E-state index contributed by atoms with van der Waals surface area (Å²) in [6.45, 7) is 9.98. The van der Waals surface area contributed by atoms with E-state index in [4.69, 9.17) is 4.74 Å². The largest absolute Gasteiger partial charge is 0.396 e. The zero-order chi connectivity index (χ0) is 13.3. The molecule has 2 heteroatoms. The van der Waals surface area contributed by atoms with Gasteiger partial charge < -0.3 is 9.84 Å². The molecule has 0 saturated carbocycles. The van der Waals surface area contributed by atoms with Gasteiger partial charge >= 0.3 is 0 Å². The second kappa shape index (κ2) is 5.34. The lowest BCUT2D eigenvalue weighted by molar-refractivity contribution is -0.164. The molecular formula is C16H28O2. The van der Waals surface area contributed by atoms with Gasteiger partial charge in [0.2, 0.25) is 0 Å². The molecule has 2 bridgehead atoms. The van der Waals surface area contributed by atoms with Crippen LogP contribution in [0.4, 0.5) is 0 Å². The molecule has 0 radical (unpaired) electrons. The number of rotatable bonds is 4. The fourth-order valence-corrected chi connectivity index (χ4v) is 4.08. The minimum Gasteiger partial charge on any atom is -0.396 e. The van der Waals surface area contributed by atoms with Crippen molar-refractivity contribution < 1.29 is 9.84 Å². The van der Waals surface area contributed by atoms with Crippen LogP contribution in [-0.2, 0) is 4.74 Å². The fraction of sp³-hybridized carbons (Fsp3) is 0.875. The third-order valence-corrected chi connectivity index (χ3v) is 5.49. The minimum absolute atomic E-state index is 0.0487. The molecule has 1 N–H and O–H groups in total. The van der Waals surface area contributed by atoms with Crippen LogP contribution in [0.2, 0.25) is 0 Å². The Kier molecular flexibility index (Phi) is 4.18. The van der Waals surface area contributed by atoms with Crippen LogP contribution < -0.4 is 0 Å². The van der Waals surface area contributed by atoms with E-state index in [1.165, 1.54) is 18.4 Å². The van der Waals surface area contributed by atoms with Crippen LogP contribution in [0.5, 0.6) is 0 Å². The summed E-state index contributed by atoms with van der Waals surface area (Å²) in [5, 5.41) is 9.87. The van der Waals surface area contributed by atoms with Crippen LogP contribution in [-0.4, -0.2) is 24.4 Å². The van der Waals surface area contributed by atoms with E-state index in [1.807, 2.05) is 0 Å². The molecule has 0 unspecified atom stereocenters. The van der Waals surface area contributed by atoms with E-state index in [2.05, 4.69) is 33.8 Å². The summed E-state index contributed by atoms with van der Waals surface area (Å²) in [6, 6.07) is 0. The van der Waals surface area contributed by atoms with Gasteiger partial charge in [0, 0.05) is 11.3 Å². The number of unbranched alkanes of at least 4 members (excludes halogenated alkanes) is 1. The molecule has 2 aliphatic rings. The summed E-state index contributed by atoms with van der Waals surface area (Å²) in [5.74, 6) is 1.45. The normalized spacial score (nSPS) is 43.7. The minimum atomic E-state index is -0.0487. The van der Waals surface area contributed by atoms with Crippen molar-refractivity contribution in [3.05, 3.63) is 11.6 Å². The van der Waals surface area contributed by atoms with Crippen LogP contribution in [0.15, 0.2) is 11.6 Å². The molecule has 5 atom stereocenters. The summed E-state index contributed by atoms with van der Waals surface area (Å²) >= 11 is 0. The molecule has 0 aromatic rings. The number of aliphatic hydroxyl groups is 1. The first kappa shape index (κ1) is 14.1. The zero-order valence-electron chi connectivity index (χ0n) is 12.3. The van der Waals surface area contributed by atoms with Crippen LogP contribution in [0.3, 0.4) is 0 Å². The maximum absolute atomic E-state index is 9.87. The molecule has 18 heavy (non-hydrogen) atoms. The van der Waals surface area contributed by atoms with Crippen LogP contribution in [0.25, 0.3) is 0 Å². The lowest BCUT2D eigenvalue weighted by Gasteiger charge is -2.55. The molecule has 1 aliphatic carbocycles. The van der Waals surface area contributed by atoms with Crippen molar-refractivity contribution in [2.24, 2.45) is 23.2 Å². The molecule has 104 valence electrons. The van der Waals surface area contributed by atoms with Crippen molar-refractivity contribution in [1.82, 2.24) is 0 Å². The molecule has 1 heterocycles. The van der Waals surface area contributed by atoms with E-state index in [-0.39, 0.29) is 12.0 Å². The molecule has 2 nitrogen and oxygen atoms in total. The quantitative estimate of drug-likeness (QED) is 0.777. The Labute approximate surface area is 111 Å². The number of ether oxygens (including phenoxy) is 1.